The van der Waals surface area contributed by atoms with Gasteiger partial charge >= 0.3 is 0 Å². The Morgan fingerprint density at radius 2 is 2.44 bits per heavy atom. The number of ether oxygens (including phenoxy) is 1. The predicted molar refractivity (Wildman–Crippen MR) is 62.5 cm³/mol. The van der Waals surface area contributed by atoms with Crippen molar-refractivity contribution in [2.45, 2.75) is 19.4 Å². The van der Waals surface area contributed by atoms with E-state index >= 15 is 0 Å². The lowest BCUT2D eigenvalue weighted by Gasteiger charge is -2.26. The lowest BCUT2D eigenvalue weighted by Crippen LogP contribution is -2.42. The highest BCUT2D eigenvalue weighted by atomic mass is 16.5. The standard InChI is InChI=1S/C13H15NO2/c1-3-13(15)14-10-7-11-9(2)5-4-6-12(11)16-8-10/h3-6,10H,1,7-8H2,2H3,(H,14,15). The molecule has 84 valence electrons. The van der Waals surface area contributed by atoms with Crippen LogP contribution < -0.4 is 10.1 Å². The first-order valence-corrected chi connectivity index (χ1v) is 5.35. The molecule has 0 spiro atoms. The van der Waals surface area contributed by atoms with E-state index in [1.165, 1.54) is 17.2 Å². The molecule has 1 N–H and O–H groups in total. The topological polar surface area (TPSA) is 38.3 Å². The van der Waals surface area contributed by atoms with Gasteiger partial charge in [0.25, 0.3) is 0 Å². The molecule has 0 radical (unpaired) electrons. The number of fused-ring (bicyclic) bond motifs is 1. The monoisotopic (exact) mass is 217 g/mol. The third-order valence-corrected chi connectivity index (χ3v) is 2.79. The molecule has 0 bridgehead atoms. The van der Waals surface area contributed by atoms with Crippen molar-refractivity contribution in [2.75, 3.05) is 6.61 Å². The largest absolute Gasteiger partial charge is 0.491 e. The summed E-state index contributed by atoms with van der Waals surface area (Å²) < 4.78 is 5.61. The lowest BCUT2D eigenvalue weighted by molar-refractivity contribution is -0.117. The van der Waals surface area contributed by atoms with Crippen molar-refractivity contribution in [1.82, 2.24) is 5.32 Å². The molecule has 1 aromatic rings. The second kappa shape index (κ2) is 4.39. The summed E-state index contributed by atoms with van der Waals surface area (Å²) in [6.45, 7) is 6.01. The van der Waals surface area contributed by atoms with Crippen molar-refractivity contribution in [1.29, 1.82) is 0 Å². The summed E-state index contributed by atoms with van der Waals surface area (Å²) in [5.74, 6) is 0.787. The van der Waals surface area contributed by atoms with Crippen LogP contribution in [-0.4, -0.2) is 18.6 Å². The van der Waals surface area contributed by atoms with Crippen LogP contribution in [0.4, 0.5) is 0 Å². The minimum absolute atomic E-state index is 0.0408. The van der Waals surface area contributed by atoms with Gasteiger partial charge in [0.1, 0.15) is 12.4 Å². The number of benzene rings is 1. The molecule has 1 heterocycles. The van der Waals surface area contributed by atoms with E-state index in [2.05, 4.69) is 24.9 Å². The van der Waals surface area contributed by atoms with Crippen LogP contribution in [0.3, 0.4) is 0 Å². The molecule has 1 aliphatic rings. The molecule has 0 fully saturated rings. The van der Waals surface area contributed by atoms with Crippen LogP contribution in [0.15, 0.2) is 30.9 Å². The van der Waals surface area contributed by atoms with Gasteiger partial charge in [-0.2, -0.15) is 0 Å². The van der Waals surface area contributed by atoms with Gasteiger partial charge < -0.3 is 10.1 Å². The summed E-state index contributed by atoms with van der Waals surface area (Å²) in [5.41, 5.74) is 2.39. The summed E-state index contributed by atoms with van der Waals surface area (Å²) in [6, 6.07) is 6.05. The molecule has 2 rings (SSSR count). The number of aryl methyl sites for hydroxylation is 1. The van der Waals surface area contributed by atoms with Gasteiger partial charge in [0.2, 0.25) is 5.91 Å². The van der Waals surface area contributed by atoms with Crippen molar-refractivity contribution >= 4 is 5.91 Å². The molecule has 3 heteroatoms. The molecule has 1 aromatic carbocycles. The van der Waals surface area contributed by atoms with E-state index in [-0.39, 0.29) is 11.9 Å². The molecule has 0 aromatic heterocycles. The summed E-state index contributed by atoms with van der Waals surface area (Å²) >= 11 is 0. The predicted octanol–water partition coefficient (Wildman–Crippen LogP) is 1.60. The van der Waals surface area contributed by atoms with Gasteiger partial charge in [0, 0.05) is 0 Å². The highest BCUT2D eigenvalue weighted by molar-refractivity contribution is 5.87. The van der Waals surface area contributed by atoms with E-state index in [4.69, 9.17) is 4.74 Å². The van der Waals surface area contributed by atoms with E-state index in [0.717, 1.165) is 12.2 Å². The fraction of sp³-hybridized carbons (Fsp3) is 0.308. The number of amides is 1. The molecule has 1 unspecified atom stereocenters. The smallest absolute Gasteiger partial charge is 0.243 e. The zero-order chi connectivity index (χ0) is 11.5. The normalized spacial score (nSPS) is 18.2. The molecule has 16 heavy (non-hydrogen) atoms. The van der Waals surface area contributed by atoms with Crippen LogP contribution in [-0.2, 0) is 11.2 Å². The van der Waals surface area contributed by atoms with Gasteiger partial charge in [-0.1, -0.05) is 18.7 Å². The average Bonchev–Trinajstić information content (AvgIpc) is 2.30. The molecule has 1 amide bonds. The number of carbonyl (C=O) groups is 1. The Morgan fingerprint density at radius 3 is 3.19 bits per heavy atom. The van der Waals surface area contributed by atoms with E-state index in [0.29, 0.717) is 6.61 Å². The quantitative estimate of drug-likeness (QED) is 0.764. The second-order valence-corrected chi connectivity index (χ2v) is 3.98. The Hall–Kier alpha value is -1.77. The van der Waals surface area contributed by atoms with Gasteiger partial charge in [0.05, 0.1) is 6.04 Å². The van der Waals surface area contributed by atoms with Crippen molar-refractivity contribution < 1.29 is 9.53 Å². The fourth-order valence-corrected chi connectivity index (χ4v) is 1.92. The summed E-state index contributed by atoms with van der Waals surface area (Å²) in [7, 11) is 0. The fourth-order valence-electron chi connectivity index (χ4n) is 1.92. The van der Waals surface area contributed by atoms with Crippen molar-refractivity contribution in [3.8, 4) is 5.75 Å². The van der Waals surface area contributed by atoms with E-state index in [1.54, 1.807) is 0 Å². The Labute approximate surface area is 95.1 Å². The minimum atomic E-state index is -0.148. The lowest BCUT2D eigenvalue weighted by atomic mass is 9.98. The Kier molecular flexibility index (Phi) is 2.95. The maximum Gasteiger partial charge on any atom is 0.243 e. The SMILES string of the molecule is C=CC(=O)NC1COc2cccc(C)c2C1. The first-order chi connectivity index (χ1) is 7.70. The number of nitrogens with one attached hydrogen (secondary N) is 1. The van der Waals surface area contributed by atoms with Crippen LogP contribution in [0.1, 0.15) is 11.1 Å². The first kappa shape index (κ1) is 10.7. The molecular weight excluding hydrogens is 202 g/mol. The van der Waals surface area contributed by atoms with Gasteiger partial charge in [-0.3, -0.25) is 4.79 Å². The minimum Gasteiger partial charge on any atom is -0.491 e. The molecule has 0 aliphatic carbocycles. The maximum atomic E-state index is 11.2. The van der Waals surface area contributed by atoms with Crippen LogP contribution in [0.5, 0.6) is 5.75 Å². The number of rotatable bonds is 2. The van der Waals surface area contributed by atoms with Crippen LogP contribution in [0.25, 0.3) is 0 Å². The number of hydrogen-bond donors (Lipinski definition) is 1. The van der Waals surface area contributed by atoms with E-state index in [9.17, 15) is 4.79 Å². The van der Waals surface area contributed by atoms with Crippen LogP contribution in [0, 0.1) is 6.92 Å². The van der Waals surface area contributed by atoms with Gasteiger partial charge in [-0.15, -0.1) is 0 Å². The second-order valence-electron chi connectivity index (χ2n) is 3.98. The summed E-state index contributed by atoms with van der Waals surface area (Å²) in [6.07, 6.45) is 2.11. The molecular formula is C13H15NO2. The molecule has 1 aliphatic heterocycles. The third-order valence-electron chi connectivity index (χ3n) is 2.79. The Balaban J connectivity index is 2.14. The van der Waals surface area contributed by atoms with E-state index < -0.39 is 0 Å². The first-order valence-electron chi connectivity index (χ1n) is 5.35. The highest BCUT2D eigenvalue weighted by Crippen LogP contribution is 2.27. The zero-order valence-electron chi connectivity index (χ0n) is 9.32. The molecule has 0 saturated carbocycles. The van der Waals surface area contributed by atoms with Crippen LogP contribution >= 0.6 is 0 Å². The van der Waals surface area contributed by atoms with Gasteiger partial charge in [0.15, 0.2) is 0 Å². The van der Waals surface area contributed by atoms with Gasteiger partial charge in [-0.05, 0) is 36.6 Å². The average molecular weight is 217 g/mol. The zero-order valence-corrected chi connectivity index (χ0v) is 9.32. The summed E-state index contributed by atoms with van der Waals surface area (Å²) in [4.78, 5) is 11.2. The van der Waals surface area contributed by atoms with Crippen LogP contribution in [0.2, 0.25) is 0 Å². The number of hydrogen-bond acceptors (Lipinski definition) is 2. The summed E-state index contributed by atoms with van der Waals surface area (Å²) in [5, 5.41) is 2.85. The van der Waals surface area contributed by atoms with Crippen molar-refractivity contribution in [3.05, 3.63) is 42.0 Å². The maximum absolute atomic E-state index is 11.2. The Bertz CT molecular complexity index is 426. The molecule has 3 nitrogen and oxygen atoms in total. The molecule has 0 saturated heterocycles. The van der Waals surface area contributed by atoms with Crippen molar-refractivity contribution in [2.24, 2.45) is 0 Å². The van der Waals surface area contributed by atoms with Gasteiger partial charge in [-0.25, -0.2) is 0 Å². The Morgan fingerprint density at radius 1 is 1.62 bits per heavy atom. The number of carbonyl (C=O) groups excluding carboxylic acids is 1. The molecule has 1 atom stereocenters. The third kappa shape index (κ3) is 2.08. The highest BCUT2D eigenvalue weighted by Gasteiger charge is 2.21. The van der Waals surface area contributed by atoms with Crippen molar-refractivity contribution in [3.63, 3.8) is 0 Å². The van der Waals surface area contributed by atoms with E-state index in [1.807, 2.05) is 12.1 Å².